The first-order valence-electron chi connectivity index (χ1n) is 13.9. The molecule has 0 heterocycles. The predicted octanol–water partition coefficient (Wildman–Crippen LogP) is 7.02. The minimum absolute atomic E-state index is 0.00192. The van der Waals surface area contributed by atoms with Crippen LogP contribution in [0, 0.1) is 6.92 Å². The van der Waals surface area contributed by atoms with Gasteiger partial charge in [-0.2, -0.15) is 0 Å². The van der Waals surface area contributed by atoms with E-state index in [1.807, 2.05) is 13.8 Å². The lowest BCUT2D eigenvalue weighted by atomic mass is 10.1. The van der Waals surface area contributed by atoms with Crippen LogP contribution in [-0.4, -0.2) is 43.8 Å². The van der Waals surface area contributed by atoms with E-state index in [2.05, 4.69) is 5.32 Å². The summed E-state index contributed by atoms with van der Waals surface area (Å²) in [5.41, 5.74) is 1.69. The summed E-state index contributed by atoms with van der Waals surface area (Å²) in [5.74, 6) is -0.828. The molecule has 3 aromatic rings. The van der Waals surface area contributed by atoms with Gasteiger partial charge in [-0.25, -0.2) is 8.42 Å². The first kappa shape index (κ1) is 32.1. The van der Waals surface area contributed by atoms with E-state index in [-0.39, 0.29) is 39.1 Å². The number of carbonyl (C=O) groups excluding carboxylic acids is 2. The Hall–Kier alpha value is -2.78. The Balaban J connectivity index is 1.74. The van der Waals surface area contributed by atoms with Gasteiger partial charge in [-0.05, 0) is 68.1 Å². The van der Waals surface area contributed by atoms with Crippen molar-refractivity contribution in [3.05, 3.63) is 92.9 Å². The highest BCUT2D eigenvalue weighted by molar-refractivity contribution is 7.92. The van der Waals surface area contributed by atoms with E-state index in [1.165, 1.54) is 23.1 Å². The molecule has 0 unspecified atom stereocenters. The van der Waals surface area contributed by atoms with Crippen LogP contribution in [0.5, 0.6) is 0 Å². The van der Waals surface area contributed by atoms with E-state index < -0.39 is 28.5 Å². The number of amides is 2. The van der Waals surface area contributed by atoms with Crippen LogP contribution in [0.3, 0.4) is 0 Å². The third-order valence-electron chi connectivity index (χ3n) is 7.44. The SMILES string of the molecule is CC[C@H](C(=O)NC1CCCC1)N(Cc1ccc(Cl)cc1)C(=O)CN(c1cccc(Cl)c1Cl)S(=O)(=O)c1ccc(C)cc1. The Labute approximate surface area is 262 Å². The lowest BCUT2D eigenvalue weighted by molar-refractivity contribution is -0.140. The lowest BCUT2D eigenvalue weighted by Crippen LogP contribution is -2.53. The quantitative estimate of drug-likeness (QED) is 0.242. The summed E-state index contributed by atoms with van der Waals surface area (Å²) in [5, 5.41) is 3.78. The zero-order chi connectivity index (χ0) is 30.4. The highest BCUT2D eigenvalue weighted by Gasteiger charge is 2.35. The second kappa shape index (κ2) is 14.1. The van der Waals surface area contributed by atoms with Crippen molar-refractivity contribution in [2.75, 3.05) is 10.8 Å². The van der Waals surface area contributed by atoms with E-state index in [0.29, 0.717) is 11.4 Å². The summed E-state index contributed by atoms with van der Waals surface area (Å²) >= 11 is 18.9. The monoisotopic (exact) mass is 649 g/mol. The first-order chi connectivity index (χ1) is 20.0. The number of anilines is 1. The van der Waals surface area contributed by atoms with Crippen LogP contribution in [0.2, 0.25) is 15.1 Å². The third-order valence-corrected chi connectivity index (χ3v) is 10.3. The second-order valence-electron chi connectivity index (χ2n) is 10.5. The third kappa shape index (κ3) is 7.59. The highest BCUT2D eigenvalue weighted by Crippen LogP contribution is 2.35. The van der Waals surface area contributed by atoms with Crippen LogP contribution in [0.4, 0.5) is 5.69 Å². The topological polar surface area (TPSA) is 86.8 Å². The molecule has 2 amide bonds. The van der Waals surface area contributed by atoms with E-state index in [9.17, 15) is 18.0 Å². The molecule has 1 saturated carbocycles. The molecule has 1 fully saturated rings. The van der Waals surface area contributed by atoms with Gasteiger partial charge in [-0.15, -0.1) is 0 Å². The van der Waals surface area contributed by atoms with Crippen LogP contribution in [-0.2, 0) is 26.2 Å². The van der Waals surface area contributed by atoms with Crippen molar-refractivity contribution in [3.63, 3.8) is 0 Å². The largest absolute Gasteiger partial charge is 0.352 e. The molecule has 0 aromatic heterocycles. The molecule has 7 nitrogen and oxygen atoms in total. The van der Waals surface area contributed by atoms with E-state index in [0.717, 1.165) is 41.1 Å². The average molecular weight is 651 g/mol. The molecule has 0 spiro atoms. The molecule has 0 radical (unpaired) electrons. The summed E-state index contributed by atoms with van der Waals surface area (Å²) < 4.78 is 29.0. The Morgan fingerprint density at radius 1 is 0.952 bits per heavy atom. The number of hydrogen-bond acceptors (Lipinski definition) is 4. The van der Waals surface area contributed by atoms with Gasteiger partial charge in [0.2, 0.25) is 11.8 Å². The zero-order valence-corrected chi connectivity index (χ0v) is 26.6. The van der Waals surface area contributed by atoms with Gasteiger partial charge in [0.25, 0.3) is 10.0 Å². The highest BCUT2D eigenvalue weighted by atomic mass is 35.5. The van der Waals surface area contributed by atoms with Gasteiger partial charge < -0.3 is 10.2 Å². The molecule has 0 bridgehead atoms. The fourth-order valence-electron chi connectivity index (χ4n) is 5.11. The lowest BCUT2D eigenvalue weighted by Gasteiger charge is -2.34. The summed E-state index contributed by atoms with van der Waals surface area (Å²) in [6, 6.07) is 17.1. The minimum atomic E-state index is -4.26. The standard InChI is InChI=1S/C31H34Cl3N3O4S/c1-3-27(31(39)35-24-7-4-5-8-24)36(19-22-13-15-23(32)16-14-22)29(38)20-37(28-10-6-9-26(33)30(28)34)42(40,41)25-17-11-21(2)12-18-25/h6,9-18,24,27H,3-5,7-8,19-20H2,1-2H3,(H,35,39)/t27-/m1/s1. The van der Waals surface area contributed by atoms with Crippen LogP contribution in [0.15, 0.2) is 71.6 Å². The van der Waals surface area contributed by atoms with Gasteiger partial charge in [0.15, 0.2) is 0 Å². The van der Waals surface area contributed by atoms with Gasteiger partial charge in [-0.3, -0.25) is 13.9 Å². The van der Waals surface area contributed by atoms with E-state index in [1.54, 1.807) is 48.5 Å². The fraction of sp³-hybridized carbons (Fsp3) is 0.355. The van der Waals surface area contributed by atoms with Crippen LogP contribution >= 0.6 is 34.8 Å². The Bertz CT molecular complexity index is 1510. The molecule has 11 heteroatoms. The molecule has 4 rings (SSSR count). The molecule has 0 aliphatic heterocycles. The van der Waals surface area contributed by atoms with Gasteiger partial charge in [0, 0.05) is 17.6 Å². The predicted molar refractivity (Wildman–Crippen MR) is 169 cm³/mol. The van der Waals surface area contributed by atoms with Gasteiger partial charge in [0.05, 0.1) is 20.6 Å². The number of halogens is 3. The molecular weight excluding hydrogens is 617 g/mol. The molecule has 0 saturated heterocycles. The molecule has 42 heavy (non-hydrogen) atoms. The maximum absolute atomic E-state index is 14.2. The smallest absolute Gasteiger partial charge is 0.264 e. The number of carbonyl (C=O) groups is 2. The number of sulfonamides is 1. The second-order valence-corrected chi connectivity index (χ2v) is 13.5. The number of rotatable bonds is 11. The average Bonchev–Trinajstić information content (AvgIpc) is 3.47. The number of nitrogens with zero attached hydrogens (tertiary/aromatic N) is 2. The van der Waals surface area contributed by atoms with Gasteiger partial charge in [0.1, 0.15) is 12.6 Å². The maximum Gasteiger partial charge on any atom is 0.264 e. The fourth-order valence-corrected chi connectivity index (χ4v) is 7.11. The first-order valence-corrected chi connectivity index (χ1v) is 16.5. The number of aryl methyl sites for hydroxylation is 1. The Kier molecular flexibility index (Phi) is 10.8. The van der Waals surface area contributed by atoms with Gasteiger partial charge >= 0.3 is 0 Å². The zero-order valence-electron chi connectivity index (χ0n) is 23.5. The number of benzene rings is 3. The van der Waals surface area contributed by atoms with Crippen molar-refractivity contribution in [2.24, 2.45) is 0 Å². The van der Waals surface area contributed by atoms with Gasteiger partial charge in [-0.1, -0.05) is 90.5 Å². The summed E-state index contributed by atoms with van der Waals surface area (Å²) in [6.45, 7) is 3.16. The maximum atomic E-state index is 14.2. The summed E-state index contributed by atoms with van der Waals surface area (Å²) in [4.78, 5) is 29.2. The summed E-state index contributed by atoms with van der Waals surface area (Å²) in [7, 11) is -4.26. The summed E-state index contributed by atoms with van der Waals surface area (Å²) in [6.07, 6.45) is 4.20. The van der Waals surface area contributed by atoms with Crippen LogP contribution < -0.4 is 9.62 Å². The van der Waals surface area contributed by atoms with Crippen molar-refractivity contribution < 1.29 is 18.0 Å². The molecule has 3 aromatic carbocycles. The number of nitrogens with one attached hydrogen (secondary N) is 1. The molecule has 224 valence electrons. The molecule has 1 aliphatic carbocycles. The Morgan fingerprint density at radius 2 is 1.60 bits per heavy atom. The van der Waals surface area contributed by atoms with Crippen molar-refractivity contribution in [3.8, 4) is 0 Å². The number of hydrogen-bond donors (Lipinski definition) is 1. The van der Waals surface area contributed by atoms with Crippen molar-refractivity contribution in [1.82, 2.24) is 10.2 Å². The minimum Gasteiger partial charge on any atom is -0.352 e. The van der Waals surface area contributed by atoms with Crippen molar-refractivity contribution >= 4 is 62.3 Å². The van der Waals surface area contributed by atoms with Crippen molar-refractivity contribution in [1.29, 1.82) is 0 Å². The van der Waals surface area contributed by atoms with Crippen LogP contribution in [0.1, 0.15) is 50.2 Å². The molecule has 1 N–H and O–H groups in total. The van der Waals surface area contributed by atoms with Crippen molar-refractivity contribution in [2.45, 2.75) is 69.5 Å². The normalized spacial score (nSPS) is 14.4. The van der Waals surface area contributed by atoms with E-state index >= 15 is 0 Å². The molecule has 1 atom stereocenters. The molecule has 1 aliphatic rings. The van der Waals surface area contributed by atoms with Crippen LogP contribution in [0.25, 0.3) is 0 Å². The Morgan fingerprint density at radius 3 is 2.21 bits per heavy atom. The van der Waals surface area contributed by atoms with E-state index in [4.69, 9.17) is 34.8 Å². The molecular formula is C31H34Cl3N3O4S.